The van der Waals surface area contributed by atoms with Crippen molar-refractivity contribution >= 4 is 21.2 Å². The Morgan fingerprint density at radius 2 is 2.05 bits per heavy atom. The highest BCUT2D eigenvalue weighted by Crippen LogP contribution is 2.18. The summed E-state index contributed by atoms with van der Waals surface area (Å²) in [6, 6.07) is 6.44. The van der Waals surface area contributed by atoms with Crippen LogP contribution in [0, 0.1) is 0 Å². The van der Waals surface area contributed by atoms with E-state index >= 15 is 0 Å². The van der Waals surface area contributed by atoms with Crippen LogP contribution in [0.3, 0.4) is 0 Å². The van der Waals surface area contributed by atoms with Gasteiger partial charge in [0.25, 0.3) is 10.2 Å². The molecule has 0 aliphatic carbocycles. The van der Waals surface area contributed by atoms with Gasteiger partial charge in [0.15, 0.2) is 0 Å². The van der Waals surface area contributed by atoms with Crippen molar-refractivity contribution in [1.82, 2.24) is 18.6 Å². The van der Waals surface area contributed by atoms with Gasteiger partial charge >= 0.3 is 0 Å². The zero-order chi connectivity index (χ0) is 15.6. The van der Waals surface area contributed by atoms with E-state index in [4.69, 9.17) is 0 Å². The van der Waals surface area contributed by atoms with Gasteiger partial charge < -0.3 is 4.57 Å². The van der Waals surface area contributed by atoms with Crippen LogP contribution in [0.15, 0.2) is 24.5 Å². The Balaban J connectivity index is 2.07. The normalized spacial score (nSPS) is 12.7. The number of hydrogen-bond acceptors (Lipinski definition) is 3. The summed E-state index contributed by atoms with van der Waals surface area (Å²) < 4.78 is 29.1. The molecule has 0 saturated carbocycles. The molecule has 0 spiro atoms. The van der Waals surface area contributed by atoms with Crippen molar-refractivity contribution in [1.29, 1.82) is 0 Å². The van der Waals surface area contributed by atoms with Crippen LogP contribution >= 0.6 is 0 Å². The number of nitrogens with zero attached hydrogens (tertiary/aromatic N) is 3. The van der Waals surface area contributed by atoms with Crippen LogP contribution < -0.4 is 4.72 Å². The van der Waals surface area contributed by atoms with E-state index in [-0.39, 0.29) is 0 Å². The van der Waals surface area contributed by atoms with Crippen LogP contribution in [-0.4, -0.2) is 42.9 Å². The lowest BCUT2D eigenvalue weighted by Crippen LogP contribution is -2.36. The molecule has 6 nitrogen and oxygen atoms in total. The fourth-order valence-corrected chi connectivity index (χ4v) is 2.72. The Hall–Kier alpha value is -1.44. The van der Waals surface area contributed by atoms with Gasteiger partial charge in [-0.05, 0) is 38.0 Å². The van der Waals surface area contributed by atoms with Gasteiger partial charge in [0, 0.05) is 26.7 Å². The van der Waals surface area contributed by atoms with Gasteiger partial charge in [-0.15, -0.1) is 0 Å². The molecular weight excluding hydrogens is 288 g/mol. The first kappa shape index (κ1) is 15.9. The third kappa shape index (κ3) is 3.61. The maximum Gasteiger partial charge on any atom is 0.278 e. The lowest BCUT2D eigenvalue weighted by atomic mass is 10.1. The Morgan fingerprint density at radius 1 is 1.33 bits per heavy atom. The zero-order valence-electron chi connectivity index (χ0n) is 12.9. The molecule has 1 aromatic heterocycles. The molecule has 21 heavy (non-hydrogen) atoms. The quantitative estimate of drug-likeness (QED) is 0.880. The van der Waals surface area contributed by atoms with Crippen molar-refractivity contribution in [2.45, 2.75) is 26.3 Å². The number of benzene rings is 1. The van der Waals surface area contributed by atoms with Crippen molar-refractivity contribution in [2.75, 3.05) is 20.6 Å². The lowest BCUT2D eigenvalue weighted by molar-refractivity contribution is 0.506. The summed E-state index contributed by atoms with van der Waals surface area (Å²) >= 11 is 0. The van der Waals surface area contributed by atoms with Crippen LogP contribution in [-0.2, 0) is 16.6 Å². The maximum absolute atomic E-state index is 11.6. The fraction of sp³-hybridized carbons (Fsp3) is 0.500. The molecule has 0 amide bonds. The van der Waals surface area contributed by atoms with E-state index in [0.717, 1.165) is 16.6 Å². The molecule has 1 N–H and O–H groups in total. The number of aromatic nitrogens is 2. The monoisotopic (exact) mass is 310 g/mol. The molecule has 0 aliphatic heterocycles. The summed E-state index contributed by atoms with van der Waals surface area (Å²) in [6.45, 7) is 4.60. The molecule has 0 fully saturated rings. The first-order valence-electron chi connectivity index (χ1n) is 6.94. The number of hydrogen-bond donors (Lipinski definition) is 1. The minimum Gasteiger partial charge on any atom is -0.328 e. The minimum absolute atomic E-state index is 0.368. The average Bonchev–Trinajstić information content (AvgIpc) is 2.81. The van der Waals surface area contributed by atoms with Gasteiger partial charge in [-0.3, -0.25) is 0 Å². The minimum atomic E-state index is -3.35. The second-order valence-electron chi connectivity index (χ2n) is 5.50. The third-order valence-corrected chi connectivity index (χ3v) is 4.90. The largest absolute Gasteiger partial charge is 0.328 e. The summed E-state index contributed by atoms with van der Waals surface area (Å²) in [7, 11) is -0.341. The summed E-state index contributed by atoms with van der Waals surface area (Å²) in [6.07, 6.45) is 2.48. The molecule has 0 radical (unpaired) electrons. The molecule has 0 atom stereocenters. The van der Waals surface area contributed by atoms with Gasteiger partial charge in [0.05, 0.1) is 17.4 Å². The number of nitrogens with one attached hydrogen (secondary N) is 1. The first-order chi connectivity index (χ1) is 9.81. The van der Waals surface area contributed by atoms with Crippen LogP contribution in [0.25, 0.3) is 11.0 Å². The highest BCUT2D eigenvalue weighted by molar-refractivity contribution is 7.87. The van der Waals surface area contributed by atoms with E-state index in [2.05, 4.69) is 28.1 Å². The second kappa shape index (κ2) is 6.13. The van der Waals surface area contributed by atoms with Crippen LogP contribution in [0.4, 0.5) is 0 Å². The molecule has 116 valence electrons. The third-order valence-electron chi connectivity index (χ3n) is 3.37. The Bertz CT molecular complexity index is 720. The maximum atomic E-state index is 11.6. The summed E-state index contributed by atoms with van der Waals surface area (Å²) in [5.41, 5.74) is 3.11. The molecule has 1 heterocycles. The molecule has 0 unspecified atom stereocenters. The Morgan fingerprint density at radius 3 is 2.67 bits per heavy atom. The SMILES string of the molecule is CC(C)n1cnc2cc(CCNS(=O)(=O)N(C)C)ccc21. The predicted octanol–water partition coefficient (Wildman–Crippen LogP) is 1.56. The number of imidazole rings is 1. The van der Waals surface area contributed by atoms with Crippen molar-refractivity contribution < 1.29 is 8.42 Å². The van der Waals surface area contributed by atoms with E-state index in [0.29, 0.717) is 19.0 Å². The van der Waals surface area contributed by atoms with Crippen LogP contribution in [0.2, 0.25) is 0 Å². The van der Waals surface area contributed by atoms with Crippen molar-refractivity contribution in [3.63, 3.8) is 0 Å². The average molecular weight is 310 g/mol. The molecule has 0 bridgehead atoms. The Kier molecular flexibility index (Phi) is 4.65. The smallest absolute Gasteiger partial charge is 0.278 e. The molecule has 2 aromatic rings. The van der Waals surface area contributed by atoms with E-state index in [1.165, 1.54) is 18.4 Å². The van der Waals surface area contributed by atoms with E-state index < -0.39 is 10.2 Å². The van der Waals surface area contributed by atoms with Crippen molar-refractivity contribution in [3.8, 4) is 0 Å². The topological polar surface area (TPSA) is 67.2 Å². The van der Waals surface area contributed by atoms with Gasteiger partial charge in [-0.1, -0.05) is 6.07 Å². The van der Waals surface area contributed by atoms with Crippen molar-refractivity contribution in [2.24, 2.45) is 0 Å². The molecule has 2 rings (SSSR count). The summed E-state index contributed by atoms with van der Waals surface area (Å²) in [5.74, 6) is 0. The summed E-state index contributed by atoms with van der Waals surface area (Å²) in [4.78, 5) is 4.40. The fourth-order valence-electron chi connectivity index (χ4n) is 2.10. The number of rotatable bonds is 6. The molecule has 0 saturated heterocycles. The highest BCUT2D eigenvalue weighted by atomic mass is 32.2. The standard InChI is InChI=1S/C14H22N4O2S/c1-11(2)18-10-15-13-9-12(5-6-14(13)18)7-8-16-21(19,20)17(3)4/h5-6,9-11,16H,7-8H2,1-4H3. The molecule has 1 aromatic carbocycles. The van der Waals surface area contributed by atoms with Gasteiger partial charge in [0.2, 0.25) is 0 Å². The molecular formula is C14H22N4O2S. The first-order valence-corrected chi connectivity index (χ1v) is 8.38. The highest BCUT2D eigenvalue weighted by Gasteiger charge is 2.12. The Labute approximate surface area is 126 Å². The van der Waals surface area contributed by atoms with E-state index in [1.54, 1.807) is 0 Å². The molecule has 7 heteroatoms. The number of fused-ring (bicyclic) bond motifs is 1. The summed E-state index contributed by atoms with van der Waals surface area (Å²) in [5, 5.41) is 0. The van der Waals surface area contributed by atoms with Crippen LogP contribution in [0.1, 0.15) is 25.5 Å². The van der Waals surface area contributed by atoms with Gasteiger partial charge in [0.1, 0.15) is 0 Å². The van der Waals surface area contributed by atoms with E-state index in [1.807, 2.05) is 24.5 Å². The zero-order valence-corrected chi connectivity index (χ0v) is 13.7. The lowest BCUT2D eigenvalue weighted by Gasteiger charge is -2.12. The van der Waals surface area contributed by atoms with E-state index in [9.17, 15) is 8.42 Å². The predicted molar refractivity (Wildman–Crippen MR) is 84.4 cm³/mol. The second-order valence-corrected chi connectivity index (χ2v) is 7.47. The van der Waals surface area contributed by atoms with Crippen LogP contribution in [0.5, 0.6) is 0 Å². The molecule has 0 aliphatic rings. The van der Waals surface area contributed by atoms with Gasteiger partial charge in [-0.2, -0.15) is 12.7 Å². The van der Waals surface area contributed by atoms with Crippen molar-refractivity contribution in [3.05, 3.63) is 30.1 Å². The van der Waals surface area contributed by atoms with Gasteiger partial charge in [-0.25, -0.2) is 9.71 Å².